The van der Waals surface area contributed by atoms with Crippen molar-refractivity contribution in [2.45, 2.75) is 19.8 Å². The zero-order valence-electron chi connectivity index (χ0n) is 9.85. The maximum Gasteiger partial charge on any atom is 0.243 e. The van der Waals surface area contributed by atoms with Gasteiger partial charge in [-0.2, -0.15) is 5.10 Å². The highest BCUT2D eigenvalue weighted by molar-refractivity contribution is 5.86. The number of hydrogen-bond acceptors (Lipinski definition) is 3. The number of benzene rings is 1. The molecule has 1 aromatic carbocycles. The Morgan fingerprint density at radius 2 is 2.29 bits per heavy atom. The van der Waals surface area contributed by atoms with Crippen molar-refractivity contribution in [3.05, 3.63) is 29.8 Å². The second-order valence-electron chi connectivity index (χ2n) is 3.98. The quantitative estimate of drug-likeness (QED) is 0.623. The van der Waals surface area contributed by atoms with E-state index in [0.717, 1.165) is 24.2 Å². The van der Waals surface area contributed by atoms with E-state index in [1.807, 2.05) is 31.2 Å². The van der Waals surface area contributed by atoms with E-state index in [1.54, 1.807) is 6.21 Å². The van der Waals surface area contributed by atoms with Crippen LogP contribution in [-0.4, -0.2) is 18.7 Å². The Morgan fingerprint density at radius 3 is 3.00 bits per heavy atom. The highest BCUT2D eigenvalue weighted by atomic mass is 16.5. The van der Waals surface area contributed by atoms with Crippen molar-refractivity contribution in [1.82, 2.24) is 5.43 Å². The Morgan fingerprint density at radius 1 is 1.53 bits per heavy atom. The number of nitrogens with zero attached hydrogens (tertiary/aromatic N) is 1. The first-order valence-corrected chi connectivity index (χ1v) is 5.86. The van der Waals surface area contributed by atoms with Crippen LogP contribution < -0.4 is 10.2 Å². The number of hydrazone groups is 1. The van der Waals surface area contributed by atoms with Crippen LogP contribution >= 0.6 is 0 Å². The molecular formula is C13H16N2O2. The number of carbonyl (C=O) groups excluding carboxylic acids is 1. The topological polar surface area (TPSA) is 50.7 Å². The predicted molar refractivity (Wildman–Crippen MR) is 66.1 cm³/mol. The van der Waals surface area contributed by atoms with Gasteiger partial charge in [0.2, 0.25) is 5.91 Å². The van der Waals surface area contributed by atoms with Crippen LogP contribution in [0, 0.1) is 5.92 Å². The van der Waals surface area contributed by atoms with E-state index >= 15 is 0 Å². The molecule has 0 saturated heterocycles. The Labute approximate surface area is 101 Å². The van der Waals surface area contributed by atoms with Gasteiger partial charge in [-0.05, 0) is 31.9 Å². The molecule has 4 heteroatoms. The summed E-state index contributed by atoms with van der Waals surface area (Å²) < 4.78 is 5.45. The molecule has 1 saturated carbocycles. The summed E-state index contributed by atoms with van der Waals surface area (Å²) in [5.41, 5.74) is 3.40. The van der Waals surface area contributed by atoms with Crippen LogP contribution in [-0.2, 0) is 4.79 Å². The number of para-hydroxylation sites is 1. The summed E-state index contributed by atoms with van der Waals surface area (Å²) in [7, 11) is 0. The zero-order chi connectivity index (χ0) is 12.1. The van der Waals surface area contributed by atoms with E-state index < -0.39 is 0 Å². The Kier molecular flexibility index (Phi) is 3.75. The van der Waals surface area contributed by atoms with Crippen molar-refractivity contribution in [2.24, 2.45) is 11.0 Å². The zero-order valence-corrected chi connectivity index (χ0v) is 9.85. The second kappa shape index (κ2) is 5.48. The molecule has 0 heterocycles. The van der Waals surface area contributed by atoms with Crippen molar-refractivity contribution in [3.63, 3.8) is 0 Å². The van der Waals surface area contributed by atoms with Crippen molar-refractivity contribution >= 4 is 12.1 Å². The van der Waals surface area contributed by atoms with Crippen LogP contribution in [0.2, 0.25) is 0 Å². The molecule has 1 amide bonds. The van der Waals surface area contributed by atoms with E-state index in [-0.39, 0.29) is 11.8 Å². The fourth-order valence-corrected chi connectivity index (χ4v) is 1.48. The molecule has 0 aromatic heterocycles. The minimum absolute atomic E-state index is 0.00939. The van der Waals surface area contributed by atoms with E-state index in [2.05, 4.69) is 10.5 Å². The van der Waals surface area contributed by atoms with E-state index in [4.69, 9.17) is 4.74 Å². The number of hydrogen-bond donors (Lipinski definition) is 1. The van der Waals surface area contributed by atoms with Crippen LogP contribution in [0.25, 0.3) is 0 Å². The summed E-state index contributed by atoms with van der Waals surface area (Å²) in [6, 6.07) is 7.60. The molecule has 1 aliphatic rings. The maximum atomic E-state index is 11.4. The van der Waals surface area contributed by atoms with Gasteiger partial charge < -0.3 is 4.74 Å². The number of amides is 1. The third-order valence-electron chi connectivity index (χ3n) is 2.55. The Hall–Kier alpha value is -1.84. The van der Waals surface area contributed by atoms with Gasteiger partial charge in [-0.3, -0.25) is 4.79 Å². The van der Waals surface area contributed by atoms with Gasteiger partial charge >= 0.3 is 0 Å². The third kappa shape index (κ3) is 3.31. The molecule has 0 aliphatic heterocycles. The molecule has 17 heavy (non-hydrogen) atoms. The van der Waals surface area contributed by atoms with E-state index in [0.29, 0.717) is 6.61 Å². The average Bonchev–Trinajstić information content (AvgIpc) is 3.15. The Bertz CT molecular complexity index is 425. The van der Waals surface area contributed by atoms with E-state index in [9.17, 15) is 4.79 Å². The molecule has 1 aliphatic carbocycles. The van der Waals surface area contributed by atoms with Crippen molar-refractivity contribution in [3.8, 4) is 5.75 Å². The number of nitrogens with one attached hydrogen (secondary N) is 1. The number of rotatable bonds is 5. The molecule has 4 nitrogen and oxygen atoms in total. The lowest BCUT2D eigenvalue weighted by Crippen LogP contribution is -2.19. The molecule has 90 valence electrons. The van der Waals surface area contributed by atoms with Crippen molar-refractivity contribution in [2.75, 3.05) is 6.61 Å². The maximum absolute atomic E-state index is 11.4. The lowest BCUT2D eigenvalue weighted by molar-refractivity contribution is -0.122. The molecule has 1 N–H and O–H groups in total. The van der Waals surface area contributed by atoms with Crippen molar-refractivity contribution in [1.29, 1.82) is 0 Å². The number of carbonyl (C=O) groups is 1. The van der Waals surface area contributed by atoms with E-state index in [1.165, 1.54) is 0 Å². The molecule has 0 atom stereocenters. The average molecular weight is 232 g/mol. The molecule has 0 bridgehead atoms. The summed E-state index contributed by atoms with van der Waals surface area (Å²) in [5.74, 6) is 0.962. The van der Waals surface area contributed by atoms with Crippen molar-refractivity contribution < 1.29 is 9.53 Å². The SMILES string of the molecule is CCOc1ccccc1/C=N/NC(=O)C1CC1. The highest BCUT2D eigenvalue weighted by Gasteiger charge is 2.29. The fourth-order valence-electron chi connectivity index (χ4n) is 1.48. The summed E-state index contributed by atoms with van der Waals surface area (Å²) in [5, 5.41) is 3.94. The summed E-state index contributed by atoms with van der Waals surface area (Å²) in [6.07, 6.45) is 3.58. The lowest BCUT2D eigenvalue weighted by Gasteiger charge is -2.05. The second-order valence-corrected chi connectivity index (χ2v) is 3.98. The van der Waals surface area contributed by atoms with Gasteiger partial charge in [-0.1, -0.05) is 12.1 Å². The van der Waals surface area contributed by atoms with Gasteiger partial charge in [-0.15, -0.1) is 0 Å². The summed E-state index contributed by atoms with van der Waals surface area (Å²) >= 11 is 0. The fraction of sp³-hybridized carbons (Fsp3) is 0.385. The van der Waals surface area contributed by atoms with Crippen LogP contribution in [0.15, 0.2) is 29.4 Å². The van der Waals surface area contributed by atoms with Gasteiger partial charge in [0.15, 0.2) is 0 Å². The van der Waals surface area contributed by atoms with Crippen LogP contribution in [0.5, 0.6) is 5.75 Å². The smallest absolute Gasteiger partial charge is 0.243 e. The summed E-state index contributed by atoms with van der Waals surface area (Å²) in [6.45, 7) is 2.54. The Balaban J connectivity index is 1.96. The molecule has 0 unspecified atom stereocenters. The monoisotopic (exact) mass is 232 g/mol. The third-order valence-corrected chi connectivity index (χ3v) is 2.55. The molecule has 1 aromatic rings. The minimum Gasteiger partial charge on any atom is -0.493 e. The van der Waals surface area contributed by atoms with Gasteiger partial charge in [0.25, 0.3) is 0 Å². The lowest BCUT2D eigenvalue weighted by atomic mass is 10.2. The molecule has 1 fully saturated rings. The van der Waals surface area contributed by atoms with Gasteiger partial charge in [-0.25, -0.2) is 5.43 Å². The number of ether oxygens (including phenoxy) is 1. The minimum atomic E-state index is 0.00939. The van der Waals surface area contributed by atoms with Gasteiger partial charge in [0, 0.05) is 11.5 Å². The van der Waals surface area contributed by atoms with Gasteiger partial charge in [0.1, 0.15) is 5.75 Å². The van der Waals surface area contributed by atoms with Gasteiger partial charge in [0.05, 0.1) is 12.8 Å². The first kappa shape index (κ1) is 11.6. The standard InChI is InChI=1S/C13H16N2O2/c1-2-17-12-6-4-3-5-11(12)9-14-15-13(16)10-7-8-10/h3-6,9-10H,2,7-8H2,1H3,(H,15,16)/b14-9+. The highest BCUT2D eigenvalue weighted by Crippen LogP contribution is 2.28. The largest absolute Gasteiger partial charge is 0.493 e. The normalized spacial score (nSPS) is 14.9. The molecule has 0 radical (unpaired) electrons. The van der Waals surface area contributed by atoms with Crippen LogP contribution in [0.3, 0.4) is 0 Å². The molecule has 0 spiro atoms. The first-order chi connectivity index (χ1) is 8.31. The van der Waals surface area contributed by atoms with Crippen LogP contribution in [0.1, 0.15) is 25.3 Å². The van der Waals surface area contributed by atoms with Crippen LogP contribution in [0.4, 0.5) is 0 Å². The predicted octanol–water partition coefficient (Wildman–Crippen LogP) is 1.95. The molecule has 2 rings (SSSR count). The summed E-state index contributed by atoms with van der Waals surface area (Å²) in [4.78, 5) is 11.4. The first-order valence-electron chi connectivity index (χ1n) is 5.86. The molecular weight excluding hydrogens is 216 g/mol.